The Morgan fingerprint density at radius 3 is 2.75 bits per heavy atom. The van der Waals surface area contributed by atoms with Gasteiger partial charge in [-0.25, -0.2) is 0 Å². The molecular weight excluding hydrogens is 348 g/mol. The van der Waals surface area contributed by atoms with Gasteiger partial charge in [0.05, 0.1) is 0 Å². The van der Waals surface area contributed by atoms with Gasteiger partial charge in [0.25, 0.3) is 5.91 Å². The Morgan fingerprint density at radius 1 is 1.25 bits per heavy atom. The topological polar surface area (TPSA) is 82.2 Å². The van der Waals surface area contributed by atoms with Crippen LogP contribution in [0.25, 0.3) is 6.08 Å². The number of rotatable bonds is 7. The van der Waals surface area contributed by atoms with Gasteiger partial charge in [-0.05, 0) is 55.5 Å². The molecule has 0 radical (unpaired) electrons. The zero-order valence-corrected chi connectivity index (χ0v) is 16.4. The minimum atomic E-state index is 0. The minimum absolute atomic E-state index is 0. The third kappa shape index (κ3) is 5.00. The fraction of sp³-hybridized carbons (Fsp3) is 0.304. The summed E-state index contributed by atoms with van der Waals surface area (Å²) in [5, 5.41) is 10.8. The summed E-state index contributed by atoms with van der Waals surface area (Å²) in [6.45, 7) is 4.55. The summed E-state index contributed by atoms with van der Waals surface area (Å²) in [5.74, 6) is 0.230. The molecule has 0 unspecified atom stereocenters. The number of nitrogens with one attached hydrogen (secondary N) is 2. The van der Waals surface area contributed by atoms with E-state index in [1.165, 1.54) is 0 Å². The number of amides is 1. The number of hydrogen-bond acceptors (Lipinski definition) is 3. The SMILES string of the molecule is Cc1cc(C=CCCNc2cccc(C(=N)N)c2)ccc1C(=O)N1CCCC1.[HH]. The molecule has 1 amide bonds. The second-order valence-corrected chi connectivity index (χ2v) is 7.19. The van der Waals surface area contributed by atoms with E-state index in [1.54, 1.807) is 0 Å². The molecule has 0 atom stereocenters. The van der Waals surface area contributed by atoms with Gasteiger partial charge >= 0.3 is 0 Å². The molecule has 0 spiro atoms. The van der Waals surface area contributed by atoms with E-state index >= 15 is 0 Å². The molecule has 0 aromatic heterocycles. The van der Waals surface area contributed by atoms with E-state index in [2.05, 4.69) is 23.5 Å². The maximum absolute atomic E-state index is 12.6. The highest BCUT2D eigenvalue weighted by Gasteiger charge is 2.20. The first-order chi connectivity index (χ1) is 13.5. The predicted molar refractivity (Wildman–Crippen MR) is 118 cm³/mol. The molecule has 1 fully saturated rings. The number of carbonyl (C=O) groups is 1. The fourth-order valence-electron chi connectivity index (χ4n) is 3.44. The van der Waals surface area contributed by atoms with Crippen LogP contribution in [0.2, 0.25) is 0 Å². The summed E-state index contributed by atoms with van der Waals surface area (Å²) < 4.78 is 0. The van der Waals surface area contributed by atoms with Crippen molar-refractivity contribution in [2.45, 2.75) is 26.2 Å². The number of benzene rings is 2. The number of anilines is 1. The average molecular weight is 379 g/mol. The quantitative estimate of drug-likeness (QED) is 0.382. The lowest BCUT2D eigenvalue weighted by atomic mass is 10.0. The number of nitrogens with two attached hydrogens (primary N) is 1. The molecular formula is C23H30N4O. The highest BCUT2D eigenvalue weighted by atomic mass is 16.2. The van der Waals surface area contributed by atoms with E-state index in [0.717, 1.165) is 66.8 Å². The van der Waals surface area contributed by atoms with Gasteiger partial charge < -0.3 is 16.0 Å². The molecule has 0 saturated carbocycles. The van der Waals surface area contributed by atoms with E-state index in [1.807, 2.05) is 48.2 Å². The summed E-state index contributed by atoms with van der Waals surface area (Å²) >= 11 is 0. The van der Waals surface area contributed by atoms with Gasteiger partial charge in [0.2, 0.25) is 0 Å². The number of amidine groups is 1. The molecule has 0 aliphatic carbocycles. The van der Waals surface area contributed by atoms with Crippen molar-refractivity contribution >= 4 is 23.5 Å². The van der Waals surface area contributed by atoms with Crippen LogP contribution >= 0.6 is 0 Å². The highest BCUT2D eigenvalue weighted by Crippen LogP contribution is 2.18. The normalized spacial score (nSPS) is 13.8. The van der Waals surface area contributed by atoms with Crippen LogP contribution in [0.4, 0.5) is 5.69 Å². The molecule has 5 nitrogen and oxygen atoms in total. The predicted octanol–water partition coefficient (Wildman–Crippen LogP) is 4.28. The smallest absolute Gasteiger partial charge is 0.254 e. The molecule has 5 heteroatoms. The van der Waals surface area contributed by atoms with Crippen molar-refractivity contribution in [1.82, 2.24) is 4.90 Å². The Balaban J connectivity index is 0.00000300. The largest absolute Gasteiger partial charge is 0.385 e. The molecule has 4 N–H and O–H groups in total. The van der Waals surface area contributed by atoms with Gasteiger partial charge in [-0.3, -0.25) is 10.2 Å². The summed E-state index contributed by atoms with van der Waals surface area (Å²) in [5.41, 5.74) is 10.1. The van der Waals surface area contributed by atoms with Crippen LogP contribution in [0, 0.1) is 12.3 Å². The summed E-state index contributed by atoms with van der Waals surface area (Å²) in [6.07, 6.45) is 7.30. The Hall–Kier alpha value is -3.08. The second-order valence-electron chi connectivity index (χ2n) is 7.19. The van der Waals surface area contributed by atoms with Crippen molar-refractivity contribution in [3.05, 3.63) is 70.8 Å². The molecule has 2 aromatic carbocycles. The number of aryl methyl sites for hydroxylation is 1. The Kier molecular flexibility index (Phi) is 6.48. The van der Waals surface area contributed by atoms with E-state index in [0.29, 0.717) is 0 Å². The number of carbonyl (C=O) groups excluding carboxylic acids is 1. The minimum Gasteiger partial charge on any atom is -0.385 e. The molecule has 3 rings (SSSR count). The van der Waals surface area contributed by atoms with E-state index in [4.69, 9.17) is 11.1 Å². The van der Waals surface area contributed by atoms with Gasteiger partial charge in [0.15, 0.2) is 0 Å². The second kappa shape index (κ2) is 9.22. The van der Waals surface area contributed by atoms with Gasteiger partial charge in [-0.15, -0.1) is 0 Å². The van der Waals surface area contributed by atoms with Crippen molar-refractivity contribution in [3.8, 4) is 0 Å². The number of nitrogens with zero attached hydrogens (tertiary/aromatic N) is 1. The van der Waals surface area contributed by atoms with Crippen LogP contribution in [0.5, 0.6) is 0 Å². The zero-order valence-electron chi connectivity index (χ0n) is 16.4. The van der Waals surface area contributed by atoms with Crippen molar-refractivity contribution in [2.24, 2.45) is 5.73 Å². The van der Waals surface area contributed by atoms with Crippen LogP contribution in [0.3, 0.4) is 0 Å². The standard InChI is InChI=1S/C23H28N4O.H2/c1-17-15-18(10-11-21(17)23(28)27-13-4-5-14-27)7-2-3-12-26-20-9-6-8-19(16-20)22(24)25;/h2,6-11,15-16,26H,3-5,12-14H2,1H3,(H3,24,25);1H. The molecule has 0 bridgehead atoms. The summed E-state index contributed by atoms with van der Waals surface area (Å²) in [6, 6.07) is 13.6. The first-order valence-electron chi connectivity index (χ1n) is 9.79. The molecule has 2 aromatic rings. The molecule has 1 aliphatic rings. The molecule has 1 heterocycles. The molecule has 28 heavy (non-hydrogen) atoms. The van der Waals surface area contributed by atoms with Crippen LogP contribution < -0.4 is 11.1 Å². The van der Waals surface area contributed by atoms with Crippen molar-refractivity contribution in [1.29, 1.82) is 5.41 Å². The van der Waals surface area contributed by atoms with E-state index in [9.17, 15) is 4.79 Å². The molecule has 148 valence electrons. The lowest BCUT2D eigenvalue weighted by Gasteiger charge is -2.16. The first kappa shape index (κ1) is 19.7. The Morgan fingerprint density at radius 2 is 2.04 bits per heavy atom. The van der Waals surface area contributed by atoms with Crippen molar-refractivity contribution in [3.63, 3.8) is 0 Å². The summed E-state index contributed by atoms with van der Waals surface area (Å²) in [4.78, 5) is 14.5. The third-order valence-corrected chi connectivity index (χ3v) is 5.00. The van der Waals surface area contributed by atoms with Gasteiger partial charge in [-0.1, -0.05) is 36.4 Å². The van der Waals surface area contributed by atoms with Crippen molar-refractivity contribution < 1.29 is 6.22 Å². The third-order valence-electron chi connectivity index (χ3n) is 5.00. The molecule has 1 aliphatic heterocycles. The van der Waals surface area contributed by atoms with Crippen molar-refractivity contribution in [2.75, 3.05) is 25.0 Å². The van der Waals surface area contributed by atoms with E-state index in [-0.39, 0.29) is 13.2 Å². The van der Waals surface area contributed by atoms with Crippen LogP contribution in [-0.2, 0) is 0 Å². The Labute approximate surface area is 168 Å². The Bertz CT molecular complexity index is 888. The number of hydrogen-bond donors (Lipinski definition) is 3. The van der Waals surface area contributed by atoms with E-state index < -0.39 is 0 Å². The number of nitrogen functional groups attached to an aromatic ring is 1. The zero-order chi connectivity index (χ0) is 19.9. The van der Waals surface area contributed by atoms with Gasteiger partial charge in [-0.2, -0.15) is 0 Å². The molecule has 1 saturated heterocycles. The maximum atomic E-state index is 12.6. The lowest BCUT2D eigenvalue weighted by molar-refractivity contribution is 0.0792. The van der Waals surface area contributed by atoms with Gasteiger partial charge in [0.1, 0.15) is 5.84 Å². The fourth-order valence-corrected chi connectivity index (χ4v) is 3.44. The average Bonchev–Trinajstić information content (AvgIpc) is 3.22. The van der Waals surface area contributed by atoms with Crippen LogP contribution in [0.1, 0.15) is 47.7 Å². The lowest BCUT2D eigenvalue weighted by Crippen LogP contribution is -2.28. The first-order valence-corrected chi connectivity index (χ1v) is 9.79. The van der Waals surface area contributed by atoms with Crippen LogP contribution in [-0.4, -0.2) is 36.3 Å². The summed E-state index contributed by atoms with van der Waals surface area (Å²) in [7, 11) is 0. The van der Waals surface area contributed by atoms with Gasteiger partial charge in [0, 0.05) is 37.9 Å². The van der Waals surface area contributed by atoms with Crippen LogP contribution in [0.15, 0.2) is 48.5 Å². The monoisotopic (exact) mass is 378 g/mol. The highest BCUT2D eigenvalue weighted by molar-refractivity contribution is 5.96. The number of likely N-dealkylation sites (tertiary alicyclic amines) is 1. The maximum Gasteiger partial charge on any atom is 0.254 e.